The summed E-state index contributed by atoms with van der Waals surface area (Å²) in [5.41, 5.74) is 3.74. The Kier molecular flexibility index (Phi) is 3.38. The van der Waals surface area contributed by atoms with Gasteiger partial charge in [-0.25, -0.2) is 4.98 Å². The number of hydrogen-bond acceptors (Lipinski definition) is 6. The van der Waals surface area contributed by atoms with Gasteiger partial charge in [0.1, 0.15) is 5.82 Å². The Morgan fingerprint density at radius 3 is 2.88 bits per heavy atom. The zero-order valence-corrected chi connectivity index (χ0v) is 14.3. The summed E-state index contributed by atoms with van der Waals surface area (Å²) in [4.78, 5) is 4.75. The maximum atomic E-state index is 5.44. The van der Waals surface area contributed by atoms with E-state index in [0.717, 1.165) is 46.0 Å². The molecule has 0 atom stereocenters. The van der Waals surface area contributed by atoms with Crippen molar-refractivity contribution in [3.63, 3.8) is 0 Å². The van der Waals surface area contributed by atoms with Crippen LogP contribution in [0.5, 0.6) is 11.5 Å². The van der Waals surface area contributed by atoms with Crippen LogP contribution < -0.4 is 14.8 Å². The summed E-state index contributed by atoms with van der Waals surface area (Å²) in [6.45, 7) is 2.95. The molecule has 1 aliphatic heterocycles. The predicted molar refractivity (Wildman–Crippen MR) is 97.6 cm³/mol. The lowest BCUT2D eigenvalue weighted by Crippen LogP contribution is -2.06. The first-order valence-electron chi connectivity index (χ1n) is 8.58. The number of aromatic nitrogens is 4. The molecule has 0 radical (unpaired) electrons. The highest BCUT2D eigenvalue weighted by atomic mass is 16.7. The third kappa shape index (κ3) is 2.32. The molecular formula is C19H17N5O2. The molecule has 0 fully saturated rings. The van der Waals surface area contributed by atoms with Gasteiger partial charge in [0.2, 0.25) is 12.4 Å². The van der Waals surface area contributed by atoms with Crippen LogP contribution >= 0.6 is 0 Å². The zero-order valence-electron chi connectivity index (χ0n) is 14.3. The first-order chi connectivity index (χ1) is 12.8. The van der Waals surface area contributed by atoms with Gasteiger partial charge in [0.25, 0.3) is 0 Å². The number of rotatable bonds is 4. The number of ether oxygens (including phenoxy) is 2. The second-order valence-corrected chi connectivity index (χ2v) is 6.12. The Bertz CT molecular complexity index is 1120. The van der Waals surface area contributed by atoms with Gasteiger partial charge in [-0.3, -0.25) is 4.40 Å². The predicted octanol–water partition coefficient (Wildman–Crippen LogP) is 3.18. The maximum Gasteiger partial charge on any atom is 0.231 e. The molecule has 0 amide bonds. The number of benzene rings is 2. The molecule has 0 saturated carbocycles. The number of hydrogen-bond donors (Lipinski definition) is 1. The molecule has 7 heteroatoms. The quantitative estimate of drug-likeness (QED) is 0.611. The molecule has 2 aromatic heterocycles. The van der Waals surface area contributed by atoms with Crippen LogP contribution in [0.25, 0.3) is 16.7 Å². The molecule has 130 valence electrons. The van der Waals surface area contributed by atoms with Crippen LogP contribution in [0.3, 0.4) is 0 Å². The van der Waals surface area contributed by atoms with Gasteiger partial charge in [-0.2, -0.15) is 0 Å². The molecule has 5 rings (SSSR count). The van der Waals surface area contributed by atoms with Crippen molar-refractivity contribution < 1.29 is 9.47 Å². The molecule has 0 unspecified atom stereocenters. The lowest BCUT2D eigenvalue weighted by atomic mass is 10.2. The fourth-order valence-electron chi connectivity index (χ4n) is 3.23. The Balaban J connectivity index is 1.54. The van der Waals surface area contributed by atoms with E-state index >= 15 is 0 Å². The fraction of sp³-hybridized carbons (Fsp3) is 0.211. The van der Waals surface area contributed by atoms with Crippen LogP contribution in [0.4, 0.5) is 5.82 Å². The van der Waals surface area contributed by atoms with Crippen LogP contribution in [0.2, 0.25) is 0 Å². The van der Waals surface area contributed by atoms with Crippen molar-refractivity contribution in [3.05, 3.63) is 53.9 Å². The fourth-order valence-corrected chi connectivity index (χ4v) is 3.23. The molecule has 0 spiro atoms. The van der Waals surface area contributed by atoms with Gasteiger partial charge >= 0.3 is 0 Å². The van der Waals surface area contributed by atoms with Gasteiger partial charge in [-0.15, -0.1) is 10.2 Å². The average molecular weight is 347 g/mol. The topological polar surface area (TPSA) is 73.6 Å². The summed E-state index contributed by atoms with van der Waals surface area (Å²) in [5, 5.41) is 12.1. The molecule has 0 aliphatic carbocycles. The summed E-state index contributed by atoms with van der Waals surface area (Å²) in [6.07, 6.45) is 0.802. The number of fused-ring (bicyclic) bond motifs is 4. The van der Waals surface area contributed by atoms with E-state index in [4.69, 9.17) is 14.5 Å². The number of para-hydroxylation sites is 2. The lowest BCUT2D eigenvalue weighted by Gasteiger charge is -2.10. The molecule has 4 aromatic rings. The standard InChI is InChI=1S/C19H17N5O2/c1-2-17-22-23-19-18(21-13-5-3-4-6-14(13)24(17)19)20-10-12-7-8-15-16(9-12)26-11-25-15/h3-9H,2,10-11H2,1H3,(H,20,21). The van der Waals surface area contributed by atoms with Crippen molar-refractivity contribution in [1.29, 1.82) is 0 Å². The first kappa shape index (κ1) is 14.9. The molecule has 0 saturated heterocycles. The third-order valence-corrected chi connectivity index (χ3v) is 4.51. The van der Waals surface area contributed by atoms with Crippen molar-refractivity contribution in [2.45, 2.75) is 19.9 Å². The SMILES string of the molecule is CCc1nnc2c(NCc3ccc4c(c3)OCO4)nc3ccccc3n12. The Hall–Kier alpha value is -3.35. The highest BCUT2D eigenvalue weighted by molar-refractivity contribution is 5.82. The van der Waals surface area contributed by atoms with Gasteiger partial charge < -0.3 is 14.8 Å². The largest absolute Gasteiger partial charge is 0.454 e. The van der Waals surface area contributed by atoms with Crippen LogP contribution in [0.1, 0.15) is 18.3 Å². The molecule has 1 aliphatic rings. The summed E-state index contributed by atoms with van der Waals surface area (Å²) in [6, 6.07) is 13.9. The monoisotopic (exact) mass is 347 g/mol. The van der Waals surface area contributed by atoms with Crippen LogP contribution in [-0.4, -0.2) is 26.4 Å². The van der Waals surface area contributed by atoms with Gasteiger partial charge in [-0.05, 0) is 29.8 Å². The third-order valence-electron chi connectivity index (χ3n) is 4.51. The molecule has 1 N–H and O–H groups in total. The molecule has 0 bridgehead atoms. The van der Waals surface area contributed by atoms with Crippen LogP contribution in [0, 0.1) is 0 Å². The Morgan fingerprint density at radius 1 is 1.08 bits per heavy atom. The van der Waals surface area contributed by atoms with E-state index in [9.17, 15) is 0 Å². The number of anilines is 1. The smallest absolute Gasteiger partial charge is 0.231 e. The van der Waals surface area contributed by atoms with E-state index in [1.54, 1.807) is 0 Å². The average Bonchev–Trinajstić information content (AvgIpc) is 3.32. The second-order valence-electron chi connectivity index (χ2n) is 6.12. The summed E-state index contributed by atoms with van der Waals surface area (Å²) in [7, 11) is 0. The number of nitrogens with one attached hydrogen (secondary N) is 1. The normalized spacial score (nSPS) is 12.8. The number of nitrogens with zero attached hydrogens (tertiary/aromatic N) is 4. The van der Waals surface area contributed by atoms with E-state index in [-0.39, 0.29) is 6.79 Å². The molecule has 2 aromatic carbocycles. The maximum absolute atomic E-state index is 5.44. The highest BCUT2D eigenvalue weighted by Gasteiger charge is 2.15. The molecule has 7 nitrogen and oxygen atoms in total. The molecule has 26 heavy (non-hydrogen) atoms. The van der Waals surface area contributed by atoms with E-state index in [2.05, 4.69) is 26.8 Å². The minimum absolute atomic E-state index is 0.276. The van der Waals surface area contributed by atoms with Crippen molar-refractivity contribution in [2.24, 2.45) is 0 Å². The molecule has 3 heterocycles. The van der Waals surface area contributed by atoms with E-state index in [1.807, 2.05) is 42.5 Å². The summed E-state index contributed by atoms with van der Waals surface area (Å²) >= 11 is 0. The Morgan fingerprint density at radius 2 is 1.96 bits per heavy atom. The minimum Gasteiger partial charge on any atom is -0.454 e. The molecular weight excluding hydrogens is 330 g/mol. The summed E-state index contributed by atoms with van der Waals surface area (Å²) < 4.78 is 12.9. The first-order valence-corrected chi connectivity index (χ1v) is 8.58. The zero-order chi connectivity index (χ0) is 17.5. The minimum atomic E-state index is 0.276. The van der Waals surface area contributed by atoms with E-state index in [0.29, 0.717) is 12.4 Å². The van der Waals surface area contributed by atoms with E-state index in [1.165, 1.54) is 0 Å². The van der Waals surface area contributed by atoms with Crippen molar-refractivity contribution in [3.8, 4) is 11.5 Å². The summed E-state index contributed by atoms with van der Waals surface area (Å²) in [5.74, 6) is 3.19. The number of aryl methyl sites for hydroxylation is 1. The van der Waals surface area contributed by atoms with E-state index < -0.39 is 0 Å². The van der Waals surface area contributed by atoms with Crippen LogP contribution in [0.15, 0.2) is 42.5 Å². The van der Waals surface area contributed by atoms with Gasteiger partial charge in [-0.1, -0.05) is 25.1 Å². The second kappa shape index (κ2) is 5.87. The highest BCUT2D eigenvalue weighted by Crippen LogP contribution is 2.32. The Labute approximate surface area is 149 Å². The van der Waals surface area contributed by atoms with Crippen molar-refractivity contribution in [2.75, 3.05) is 12.1 Å². The van der Waals surface area contributed by atoms with Crippen molar-refractivity contribution >= 4 is 22.5 Å². The van der Waals surface area contributed by atoms with Gasteiger partial charge in [0.05, 0.1) is 11.0 Å². The van der Waals surface area contributed by atoms with Crippen molar-refractivity contribution in [1.82, 2.24) is 19.6 Å². The van der Waals surface area contributed by atoms with Crippen LogP contribution in [-0.2, 0) is 13.0 Å². The lowest BCUT2D eigenvalue weighted by molar-refractivity contribution is 0.174. The van der Waals surface area contributed by atoms with Gasteiger partial charge in [0, 0.05) is 13.0 Å². The van der Waals surface area contributed by atoms with Gasteiger partial charge in [0.15, 0.2) is 17.3 Å².